The maximum absolute atomic E-state index is 11.6. The van der Waals surface area contributed by atoms with Gasteiger partial charge >= 0.3 is 0 Å². The minimum atomic E-state index is -3.34. The first kappa shape index (κ1) is 23.6. The van der Waals surface area contributed by atoms with Crippen molar-refractivity contribution in [1.29, 1.82) is 0 Å². The number of carbonyl (C=O) groups excluding carboxylic acids is 1. The van der Waals surface area contributed by atoms with Crippen LogP contribution in [0.2, 0.25) is 0 Å². The van der Waals surface area contributed by atoms with Crippen molar-refractivity contribution in [2.75, 3.05) is 26.5 Å². The van der Waals surface area contributed by atoms with Crippen LogP contribution in [-0.4, -0.2) is 41.2 Å². The van der Waals surface area contributed by atoms with Crippen LogP contribution < -0.4 is 9.47 Å². The SMILES string of the molecule is CC.CN=O.CS(=O)(=O)c1ccc(Sc2ccc3c(c2)OCCO3)c(C=O)c1. The Morgan fingerprint density at radius 3 is 2.21 bits per heavy atom. The first-order chi connectivity index (χ1) is 13.4. The van der Waals surface area contributed by atoms with Crippen LogP contribution in [0.15, 0.2) is 56.3 Å². The Labute approximate surface area is 169 Å². The summed E-state index contributed by atoms with van der Waals surface area (Å²) >= 11 is 1.37. The standard InChI is InChI=1S/C16H14O5S2.C2H6.CH3NO/c1-23(18,19)13-3-5-16(11(8-13)10-17)22-12-2-4-14-15(9-12)21-7-6-20-14;1-2;1-2-3/h2-5,8-10H,6-7H2,1H3;1-2H3;1H3. The Morgan fingerprint density at radius 2 is 1.64 bits per heavy atom. The van der Waals surface area contributed by atoms with Gasteiger partial charge in [0.2, 0.25) is 0 Å². The first-order valence-electron chi connectivity index (χ1n) is 8.47. The summed E-state index contributed by atoms with van der Waals surface area (Å²) in [4.78, 5) is 21.5. The van der Waals surface area contributed by atoms with Gasteiger partial charge in [-0.3, -0.25) is 4.79 Å². The first-order valence-corrected chi connectivity index (χ1v) is 11.2. The molecule has 7 nitrogen and oxygen atoms in total. The number of sulfone groups is 1. The molecule has 0 radical (unpaired) electrons. The number of ether oxygens (including phenoxy) is 2. The molecule has 1 aliphatic heterocycles. The molecule has 3 rings (SSSR count). The molecule has 0 fully saturated rings. The second-order valence-electron chi connectivity index (χ2n) is 5.18. The fourth-order valence-electron chi connectivity index (χ4n) is 2.16. The second kappa shape index (κ2) is 11.5. The van der Waals surface area contributed by atoms with Crippen molar-refractivity contribution < 1.29 is 22.7 Å². The van der Waals surface area contributed by atoms with Gasteiger partial charge in [-0.15, -0.1) is 0 Å². The molecule has 0 aliphatic carbocycles. The fraction of sp³-hybridized carbons (Fsp3) is 0.316. The number of aldehydes is 1. The lowest BCUT2D eigenvalue weighted by Crippen LogP contribution is -2.15. The molecule has 0 spiro atoms. The van der Waals surface area contributed by atoms with Crippen LogP contribution in [0.3, 0.4) is 0 Å². The molecule has 0 saturated heterocycles. The van der Waals surface area contributed by atoms with E-state index in [9.17, 15) is 13.2 Å². The molecule has 2 aromatic carbocycles. The number of hydrogen-bond donors (Lipinski definition) is 0. The third-order valence-electron chi connectivity index (χ3n) is 3.28. The molecular formula is C19H23NO6S2. The summed E-state index contributed by atoms with van der Waals surface area (Å²) in [6.07, 6.45) is 1.78. The lowest BCUT2D eigenvalue weighted by Gasteiger charge is -2.18. The quantitative estimate of drug-likeness (QED) is 0.534. The van der Waals surface area contributed by atoms with Crippen LogP contribution in [0, 0.1) is 4.91 Å². The molecule has 0 bridgehead atoms. The van der Waals surface area contributed by atoms with Crippen LogP contribution in [-0.2, 0) is 9.84 Å². The number of rotatable bonds is 4. The van der Waals surface area contributed by atoms with E-state index in [0.717, 1.165) is 11.2 Å². The van der Waals surface area contributed by atoms with Crippen molar-refractivity contribution in [2.45, 2.75) is 28.5 Å². The van der Waals surface area contributed by atoms with Crippen LogP contribution in [0.25, 0.3) is 0 Å². The predicted molar refractivity (Wildman–Crippen MR) is 110 cm³/mol. The summed E-state index contributed by atoms with van der Waals surface area (Å²) in [5.41, 5.74) is 0.341. The highest BCUT2D eigenvalue weighted by Crippen LogP contribution is 2.38. The minimum absolute atomic E-state index is 0.131. The number of nitrogens with zero attached hydrogens (tertiary/aromatic N) is 1. The zero-order valence-corrected chi connectivity index (χ0v) is 17.8. The molecule has 1 heterocycles. The number of carbonyl (C=O) groups is 1. The molecule has 2 aromatic rings. The second-order valence-corrected chi connectivity index (χ2v) is 8.31. The summed E-state index contributed by atoms with van der Waals surface area (Å²) in [6.45, 7) is 5.03. The highest BCUT2D eigenvalue weighted by Gasteiger charge is 2.15. The molecule has 152 valence electrons. The van der Waals surface area contributed by atoms with E-state index in [2.05, 4.69) is 5.18 Å². The van der Waals surface area contributed by atoms with Crippen molar-refractivity contribution >= 4 is 27.9 Å². The highest BCUT2D eigenvalue weighted by molar-refractivity contribution is 7.99. The van der Waals surface area contributed by atoms with E-state index >= 15 is 0 Å². The number of nitroso groups, excluding NO2 is 1. The Morgan fingerprint density at radius 1 is 1.04 bits per heavy atom. The van der Waals surface area contributed by atoms with E-state index in [-0.39, 0.29) is 4.90 Å². The van der Waals surface area contributed by atoms with Gasteiger partial charge in [0, 0.05) is 21.6 Å². The molecule has 9 heteroatoms. The molecule has 0 saturated carbocycles. The van der Waals surface area contributed by atoms with Crippen molar-refractivity contribution in [3.63, 3.8) is 0 Å². The lowest BCUT2D eigenvalue weighted by atomic mass is 10.2. The monoisotopic (exact) mass is 425 g/mol. The Bertz CT molecular complexity index is 913. The maximum atomic E-state index is 11.6. The smallest absolute Gasteiger partial charge is 0.175 e. The third-order valence-corrected chi connectivity index (χ3v) is 5.47. The van der Waals surface area contributed by atoms with Crippen LogP contribution in [0.4, 0.5) is 0 Å². The van der Waals surface area contributed by atoms with Gasteiger partial charge in [-0.2, -0.15) is 4.91 Å². The number of hydrogen-bond acceptors (Lipinski definition) is 8. The van der Waals surface area contributed by atoms with Gasteiger partial charge in [-0.05, 0) is 36.4 Å². The summed E-state index contributed by atoms with van der Waals surface area (Å²) in [5.74, 6) is 1.37. The zero-order chi connectivity index (χ0) is 21.2. The zero-order valence-electron chi connectivity index (χ0n) is 16.2. The van der Waals surface area contributed by atoms with Gasteiger partial charge in [0.25, 0.3) is 0 Å². The molecule has 0 unspecified atom stereocenters. The van der Waals surface area contributed by atoms with Gasteiger partial charge in [0.1, 0.15) is 13.2 Å². The predicted octanol–water partition coefficient (Wildman–Crippen LogP) is 4.23. The van der Waals surface area contributed by atoms with Gasteiger partial charge in [-0.1, -0.05) is 30.8 Å². The molecule has 1 aliphatic rings. The van der Waals surface area contributed by atoms with E-state index < -0.39 is 9.84 Å². The van der Waals surface area contributed by atoms with Gasteiger partial charge in [0.05, 0.1) is 11.9 Å². The average Bonchev–Trinajstić information content (AvgIpc) is 2.69. The lowest BCUT2D eigenvalue weighted by molar-refractivity contribution is 0.112. The van der Waals surface area contributed by atoms with Crippen LogP contribution in [0.5, 0.6) is 11.5 Å². The molecule has 28 heavy (non-hydrogen) atoms. The third kappa shape index (κ3) is 6.65. The van der Waals surface area contributed by atoms with Crippen LogP contribution >= 0.6 is 11.8 Å². The van der Waals surface area contributed by atoms with E-state index in [1.54, 1.807) is 6.07 Å². The molecule has 0 amide bonds. The number of fused-ring (bicyclic) bond motifs is 1. The van der Waals surface area contributed by atoms with Gasteiger partial charge < -0.3 is 9.47 Å². The average molecular weight is 426 g/mol. The van der Waals surface area contributed by atoms with E-state index in [4.69, 9.17) is 14.4 Å². The summed E-state index contributed by atoms with van der Waals surface area (Å²) in [7, 11) is -2.15. The summed E-state index contributed by atoms with van der Waals surface area (Å²) in [5, 5.41) is 2.25. The van der Waals surface area contributed by atoms with E-state index in [1.165, 1.54) is 30.9 Å². The van der Waals surface area contributed by atoms with Crippen molar-refractivity contribution in [3.05, 3.63) is 46.9 Å². The fourth-order valence-corrected chi connectivity index (χ4v) is 3.73. The largest absolute Gasteiger partial charge is 0.486 e. The minimum Gasteiger partial charge on any atom is -0.486 e. The van der Waals surface area contributed by atoms with Crippen molar-refractivity contribution in [1.82, 2.24) is 0 Å². The summed E-state index contributed by atoms with van der Waals surface area (Å²) in [6, 6.07) is 10.1. The van der Waals surface area contributed by atoms with Gasteiger partial charge in [0.15, 0.2) is 27.6 Å². The maximum Gasteiger partial charge on any atom is 0.175 e. The highest BCUT2D eigenvalue weighted by atomic mass is 32.2. The summed E-state index contributed by atoms with van der Waals surface area (Å²) < 4.78 is 34.2. The van der Waals surface area contributed by atoms with E-state index in [1.807, 2.05) is 32.0 Å². The van der Waals surface area contributed by atoms with Crippen molar-refractivity contribution in [2.24, 2.45) is 5.18 Å². The van der Waals surface area contributed by atoms with Gasteiger partial charge in [-0.25, -0.2) is 8.42 Å². The van der Waals surface area contributed by atoms with E-state index in [0.29, 0.717) is 41.5 Å². The number of benzene rings is 2. The molecule has 0 N–H and O–H groups in total. The molecule has 0 atom stereocenters. The Hall–Kier alpha value is -2.39. The Balaban J connectivity index is 0.000000717. The normalized spacial score (nSPS) is 11.9. The molecule has 0 aromatic heterocycles. The topological polar surface area (TPSA) is 99.1 Å². The van der Waals surface area contributed by atoms with Crippen molar-refractivity contribution in [3.8, 4) is 11.5 Å². The molecular weight excluding hydrogens is 402 g/mol. The Kier molecular flexibility index (Phi) is 9.67. The van der Waals surface area contributed by atoms with Crippen LogP contribution in [0.1, 0.15) is 24.2 Å².